The topological polar surface area (TPSA) is 50.4 Å². The second kappa shape index (κ2) is 8.78. The highest BCUT2D eigenvalue weighted by Gasteiger charge is 2.03. The van der Waals surface area contributed by atoms with E-state index in [0.717, 1.165) is 11.3 Å². The molecule has 4 nitrogen and oxygen atoms in total. The van der Waals surface area contributed by atoms with Gasteiger partial charge in [-0.15, -0.1) is 0 Å². The summed E-state index contributed by atoms with van der Waals surface area (Å²) in [5.74, 6) is 0.565. The number of rotatable bonds is 7. The Morgan fingerprint density at radius 1 is 1.04 bits per heavy atom. The molecule has 0 atom stereocenters. The van der Waals surface area contributed by atoms with Crippen molar-refractivity contribution in [1.82, 2.24) is 10.6 Å². The Hall–Kier alpha value is -2.56. The number of hydrogen-bond acceptors (Lipinski definition) is 2. The van der Waals surface area contributed by atoms with Crippen LogP contribution in [0.25, 0.3) is 0 Å². The van der Waals surface area contributed by atoms with Crippen molar-refractivity contribution in [2.24, 2.45) is 0 Å². The lowest BCUT2D eigenvalue weighted by molar-refractivity contribution is 0.236. The number of benzene rings is 2. The molecule has 0 aliphatic heterocycles. The largest absolute Gasteiger partial charge is 0.491 e. The number of aryl methyl sites for hydroxylation is 1. The standard InChI is InChI=1S/C18H21FN2O2/c1-14-6-2-5-9-17(14)23-13-12-21-18(22)20-11-10-15-7-3-4-8-16(15)19/h2-9H,10-13H2,1H3,(H2,20,21,22). The van der Waals surface area contributed by atoms with Crippen molar-refractivity contribution in [2.75, 3.05) is 19.7 Å². The molecule has 0 unspecified atom stereocenters. The van der Waals surface area contributed by atoms with Crippen LogP contribution >= 0.6 is 0 Å². The van der Waals surface area contributed by atoms with Gasteiger partial charge in [-0.2, -0.15) is 0 Å². The van der Waals surface area contributed by atoms with Gasteiger partial charge in [0.15, 0.2) is 0 Å². The second-order valence-electron chi connectivity index (χ2n) is 5.14. The van der Waals surface area contributed by atoms with E-state index in [9.17, 15) is 9.18 Å². The van der Waals surface area contributed by atoms with Crippen LogP contribution in [0, 0.1) is 12.7 Å². The molecule has 23 heavy (non-hydrogen) atoms. The predicted molar refractivity (Wildman–Crippen MR) is 88.2 cm³/mol. The van der Waals surface area contributed by atoms with E-state index in [4.69, 9.17) is 4.74 Å². The molecular weight excluding hydrogens is 295 g/mol. The maximum atomic E-state index is 13.4. The van der Waals surface area contributed by atoms with E-state index in [1.807, 2.05) is 31.2 Å². The van der Waals surface area contributed by atoms with Gasteiger partial charge in [0.25, 0.3) is 0 Å². The Balaban J connectivity index is 1.60. The lowest BCUT2D eigenvalue weighted by Gasteiger charge is -2.10. The lowest BCUT2D eigenvalue weighted by Crippen LogP contribution is -2.38. The van der Waals surface area contributed by atoms with E-state index in [1.54, 1.807) is 18.2 Å². The van der Waals surface area contributed by atoms with E-state index in [0.29, 0.717) is 31.7 Å². The minimum Gasteiger partial charge on any atom is -0.491 e. The highest BCUT2D eigenvalue weighted by Crippen LogP contribution is 2.15. The van der Waals surface area contributed by atoms with Gasteiger partial charge in [0.1, 0.15) is 18.2 Å². The Labute approximate surface area is 135 Å². The van der Waals surface area contributed by atoms with E-state index >= 15 is 0 Å². The summed E-state index contributed by atoms with van der Waals surface area (Å²) in [7, 11) is 0. The minimum absolute atomic E-state index is 0.249. The number of nitrogens with one attached hydrogen (secondary N) is 2. The summed E-state index contributed by atoms with van der Waals surface area (Å²) in [4.78, 5) is 11.6. The van der Waals surface area contributed by atoms with Crippen molar-refractivity contribution in [3.8, 4) is 5.75 Å². The molecule has 0 saturated heterocycles. The average molecular weight is 316 g/mol. The molecule has 2 aromatic rings. The van der Waals surface area contributed by atoms with E-state index in [-0.39, 0.29) is 11.8 Å². The fourth-order valence-electron chi connectivity index (χ4n) is 2.12. The van der Waals surface area contributed by atoms with Crippen LogP contribution in [0.5, 0.6) is 5.75 Å². The smallest absolute Gasteiger partial charge is 0.314 e. The SMILES string of the molecule is Cc1ccccc1OCCNC(=O)NCCc1ccccc1F. The van der Waals surface area contributed by atoms with Crippen LogP contribution < -0.4 is 15.4 Å². The molecule has 0 radical (unpaired) electrons. The summed E-state index contributed by atoms with van der Waals surface area (Å²) in [5, 5.41) is 5.40. The number of amides is 2. The molecular formula is C18H21FN2O2. The van der Waals surface area contributed by atoms with Gasteiger partial charge < -0.3 is 15.4 Å². The predicted octanol–water partition coefficient (Wildman–Crippen LogP) is 3.05. The minimum atomic E-state index is -0.283. The van der Waals surface area contributed by atoms with Crippen molar-refractivity contribution in [2.45, 2.75) is 13.3 Å². The normalized spacial score (nSPS) is 10.2. The van der Waals surface area contributed by atoms with Gasteiger partial charge in [-0.1, -0.05) is 36.4 Å². The van der Waals surface area contributed by atoms with Crippen LogP contribution in [0.1, 0.15) is 11.1 Å². The maximum Gasteiger partial charge on any atom is 0.314 e. The van der Waals surface area contributed by atoms with Gasteiger partial charge in [0.2, 0.25) is 0 Å². The second-order valence-corrected chi connectivity index (χ2v) is 5.14. The van der Waals surface area contributed by atoms with Gasteiger partial charge in [-0.05, 0) is 36.6 Å². The van der Waals surface area contributed by atoms with E-state index in [1.165, 1.54) is 6.07 Å². The summed E-state index contributed by atoms with van der Waals surface area (Å²) in [6, 6.07) is 14.0. The van der Waals surface area contributed by atoms with Crippen LogP contribution in [0.2, 0.25) is 0 Å². The highest BCUT2D eigenvalue weighted by atomic mass is 19.1. The van der Waals surface area contributed by atoms with Crippen LogP contribution in [0.4, 0.5) is 9.18 Å². The number of halogens is 1. The first-order valence-corrected chi connectivity index (χ1v) is 7.60. The molecule has 2 aromatic carbocycles. The zero-order valence-electron chi connectivity index (χ0n) is 13.1. The molecule has 0 fully saturated rings. The molecule has 2 amide bonds. The number of carbonyl (C=O) groups is 1. The Bertz CT molecular complexity index is 646. The number of ether oxygens (including phenoxy) is 1. The molecule has 0 heterocycles. The summed E-state index contributed by atoms with van der Waals surface area (Å²) < 4.78 is 19.0. The van der Waals surface area contributed by atoms with Crippen molar-refractivity contribution < 1.29 is 13.9 Å². The number of urea groups is 1. The average Bonchev–Trinajstić information content (AvgIpc) is 2.55. The van der Waals surface area contributed by atoms with Gasteiger partial charge in [-0.3, -0.25) is 0 Å². The Morgan fingerprint density at radius 3 is 2.52 bits per heavy atom. The van der Waals surface area contributed by atoms with E-state index in [2.05, 4.69) is 10.6 Å². The fourth-order valence-corrected chi connectivity index (χ4v) is 2.12. The van der Waals surface area contributed by atoms with E-state index < -0.39 is 0 Å². The number of para-hydroxylation sites is 1. The number of hydrogen-bond donors (Lipinski definition) is 2. The molecule has 2 rings (SSSR count). The van der Waals surface area contributed by atoms with Gasteiger partial charge in [-0.25, -0.2) is 9.18 Å². The summed E-state index contributed by atoms with van der Waals surface area (Å²) in [6.45, 7) is 3.15. The third-order valence-corrected chi connectivity index (χ3v) is 3.38. The molecule has 0 spiro atoms. The Morgan fingerprint density at radius 2 is 1.74 bits per heavy atom. The molecule has 0 aliphatic rings. The van der Waals surface area contributed by atoms with Crippen LogP contribution in [-0.4, -0.2) is 25.7 Å². The molecule has 0 bridgehead atoms. The fraction of sp³-hybridized carbons (Fsp3) is 0.278. The first kappa shape index (κ1) is 16.8. The third-order valence-electron chi connectivity index (χ3n) is 3.38. The zero-order chi connectivity index (χ0) is 16.5. The monoisotopic (exact) mass is 316 g/mol. The molecule has 122 valence electrons. The quantitative estimate of drug-likeness (QED) is 0.771. The van der Waals surface area contributed by atoms with Crippen molar-refractivity contribution in [1.29, 1.82) is 0 Å². The van der Waals surface area contributed by atoms with Gasteiger partial charge >= 0.3 is 6.03 Å². The van der Waals surface area contributed by atoms with Crippen molar-refractivity contribution in [3.63, 3.8) is 0 Å². The Kier molecular flexibility index (Phi) is 6.41. The summed E-state index contributed by atoms with van der Waals surface area (Å²) in [5.41, 5.74) is 1.65. The van der Waals surface area contributed by atoms with Gasteiger partial charge in [0, 0.05) is 6.54 Å². The zero-order valence-corrected chi connectivity index (χ0v) is 13.1. The van der Waals surface area contributed by atoms with Crippen LogP contribution in [0.15, 0.2) is 48.5 Å². The third kappa shape index (κ3) is 5.62. The first-order valence-electron chi connectivity index (χ1n) is 7.60. The van der Waals surface area contributed by atoms with Crippen molar-refractivity contribution >= 4 is 6.03 Å². The lowest BCUT2D eigenvalue weighted by atomic mass is 10.1. The summed E-state index contributed by atoms with van der Waals surface area (Å²) >= 11 is 0. The summed E-state index contributed by atoms with van der Waals surface area (Å²) in [6.07, 6.45) is 0.458. The molecule has 0 aromatic heterocycles. The molecule has 2 N–H and O–H groups in total. The van der Waals surface area contributed by atoms with Crippen LogP contribution in [0.3, 0.4) is 0 Å². The van der Waals surface area contributed by atoms with Gasteiger partial charge in [0.05, 0.1) is 6.54 Å². The van der Waals surface area contributed by atoms with Crippen LogP contribution in [-0.2, 0) is 6.42 Å². The first-order chi connectivity index (χ1) is 11.2. The molecule has 5 heteroatoms. The number of carbonyl (C=O) groups excluding carboxylic acids is 1. The molecule has 0 saturated carbocycles. The van der Waals surface area contributed by atoms with Crippen molar-refractivity contribution in [3.05, 3.63) is 65.5 Å². The molecule has 0 aliphatic carbocycles. The highest BCUT2D eigenvalue weighted by molar-refractivity contribution is 5.73. The maximum absolute atomic E-state index is 13.4.